The minimum atomic E-state index is -0.663. The predicted octanol–water partition coefficient (Wildman–Crippen LogP) is 5.98. The Balaban J connectivity index is 1.32. The van der Waals surface area contributed by atoms with Gasteiger partial charge < -0.3 is 33.7 Å². The number of para-hydroxylation sites is 1. The van der Waals surface area contributed by atoms with E-state index in [0.29, 0.717) is 49.1 Å². The molecule has 1 aromatic carbocycles. The molecule has 1 aromatic rings. The highest BCUT2D eigenvalue weighted by Crippen LogP contribution is 2.65. The van der Waals surface area contributed by atoms with Crippen LogP contribution in [0.5, 0.6) is 5.75 Å². The van der Waals surface area contributed by atoms with Gasteiger partial charge in [-0.2, -0.15) is 0 Å². The molecule has 260 valence electrons. The highest BCUT2D eigenvalue weighted by Gasteiger charge is 2.68. The van der Waals surface area contributed by atoms with Gasteiger partial charge in [0.2, 0.25) is 5.91 Å². The second kappa shape index (κ2) is 12.9. The Labute approximate surface area is 281 Å². The average molecular weight is 655 g/mol. The fourth-order valence-corrected chi connectivity index (χ4v) is 8.18. The number of methoxy groups -OCH3 is 1. The van der Waals surface area contributed by atoms with E-state index in [9.17, 15) is 14.4 Å². The number of ether oxygens (including phenoxy) is 3. The first-order valence-electron chi connectivity index (χ1n) is 17.3. The number of likely N-dealkylation sites (tertiary alicyclic amines) is 1. The van der Waals surface area contributed by atoms with Crippen molar-refractivity contribution in [2.45, 2.75) is 130 Å². The van der Waals surface area contributed by atoms with Crippen LogP contribution >= 0.6 is 0 Å². The van der Waals surface area contributed by atoms with Crippen LogP contribution in [0.15, 0.2) is 18.2 Å². The summed E-state index contributed by atoms with van der Waals surface area (Å²) in [7, 11) is 0.880. The monoisotopic (exact) mass is 654 g/mol. The Kier molecular flexibility index (Phi) is 9.76. The summed E-state index contributed by atoms with van der Waals surface area (Å²) in [6.07, 6.45) is 3.82. The van der Waals surface area contributed by atoms with Gasteiger partial charge >= 0.3 is 19.2 Å². The summed E-state index contributed by atoms with van der Waals surface area (Å²) < 4.78 is 30.5. The van der Waals surface area contributed by atoms with Gasteiger partial charge in [0.25, 0.3) is 0 Å². The number of amides is 2. The van der Waals surface area contributed by atoms with Crippen LogP contribution in [0.2, 0.25) is 0 Å². The normalized spacial score (nSPS) is 27.7. The van der Waals surface area contributed by atoms with E-state index >= 15 is 0 Å². The van der Waals surface area contributed by atoms with Crippen molar-refractivity contribution in [3.05, 3.63) is 29.3 Å². The molecule has 6 rings (SSSR count). The van der Waals surface area contributed by atoms with Gasteiger partial charge in [-0.1, -0.05) is 26.0 Å². The van der Waals surface area contributed by atoms with Crippen LogP contribution in [0.1, 0.15) is 110 Å². The lowest BCUT2D eigenvalue weighted by molar-refractivity contribution is -0.199. The molecule has 1 N–H and O–H groups in total. The number of carbonyl (C=O) groups is 3. The van der Waals surface area contributed by atoms with E-state index in [4.69, 9.17) is 23.5 Å². The Morgan fingerprint density at radius 3 is 2.28 bits per heavy atom. The summed E-state index contributed by atoms with van der Waals surface area (Å²) in [6.45, 7) is 19.0. The van der Waals surface area contributed by atoms with Crippen LogP contribution in [-0.2, 0) is 30.0 Å². The second-order valence-electron chi connectivity index (χ2n) is 16.8. The first-order chi connectivity index (χ1) is 21.8. The first kappa shape index (κ1) is 35.5. The number of esters is 1. The fourth-order valence-electron chi connectivity index (χ4n) is 8.18. The highest BCUT2D eigenvalue weighted by molar-refractivity contribution is 6.48. The Morgan fingerprint density at radius 2 is 1.68 bits per heavy atom. The first-order valence-corrected chi connectivity index (χ1v) is 17.3. The zero-order valence-corrected chi connectivity index (χ0v) is 30.1. The number of rotatable bonds is 8. The third-order valence-corrected chi connectivity index (χ3v) is 10.7. The highest BCUT2D eigenvalue weighted by atomic mass is 16.7. The molecule has 2 heterocycles. The predicted molar refractivity (Wildman–Crippen MR) is 179 cm³/mol. The van der Waals surface area contributed by atoms with E-state index in [1.54, 1.807) is 11.0 Å². The summed E-state index contributed by atoms with van der Waals surface area (Å²) in [5.74, 6) is 0.444. The lowest BCUT2D eigenvalue weighted by Crippen LogP contribution is -2.65. The van der Waals surface area contributed by atoms with Crippen molar-refractivity contribution in [3.63, 3.8) is 0 Å². The molecule has 2 amide bonds. The summed E-state index contributed by atoms with van der Waals surface area (Å²) in [5, 5.41) is 3.27. The maximum atomic E-state index is 13.7. The van der Waals surface area contributed by atoms with Gasteiger partial charge in [0, 0.05) is 19.5 Å². The second-order valence-corrected chi connectivity index (χ2v) is 16.8. The molecule has 47 heavy (non-hydrogen) atoms. The SMILES string of the molecule is COc1c(C[C@H](NC(=O)CC2CCN(C(=O)OC(C)(C)C)CC2)B2OC3CC4CC(C4(C)C)C3(C)O2)cccc1C(=O)OC(C)(C)C. The lowest BCUT2D eigenvalue weighted by Gasteiger charge is -2.64. The molecule has 4 unspecified atom stereocenters. The molecule has 5 atom stereocenters. The molecule has 2 saturated heterocycles. The van der Waals surface area contributed by atoms with Gasteiger partial charge in [-0.15, -0.1) is 0 Å². The lowest BCUT2D eigenvalue weighted by atomic mass is 9.43. The summed E-state index contributed by atoms with van der Waals surface area (Å²) in [5.41, 5.74) is -0.386. The minimum absolute atomic E-state index is 0.0455. The maximum Gasteiger partial charge on any atom is 0.482 e. The number of nitrogens with one attached hydrogen (secondary N) is 1. The third kappa shape index (κ3) is 7.61. The van der Waals surface area contributed by atoms with Crippen molar-refractivity contribution in [1.29, 1.82) is 0 Å². The molecule has 3 saturated carbocycles. The van der Waals surface area contributed by atoms with E-state index in [1.807, 2.05) is 53.7 Å². The van der Waals surface area contributed by atoms with Gasteiger partial charge in [-0.05, 0) is 115 Å². The molecule has 5 fully saturated rings. The molecule has 3 aliphatic carbocycles. The number of nitrogens with zero attached hydrogens (tertiary/aromatic N) is 1. The maximum absolute atomic E-state index is 13.7. The summed E-state index contributed by atoms with van der Waals surface area (Å²) in [4.78, 5) is 41.1. The zero-order chi connectivity index (χ0) is 34.5. The van der Waals surface area contributed by atoms with Crippen molar-refractivity contribution in [2.75, 3.05) is 20.2 Å². The Morgan fingerprint density at radius 1 is 1.02 bits per heavy atom. The molecule has 0 radical (unpaired) electrons. The molecular formula is C36H55BN2O8. The minimum Gasteiger partial charge on any atom is -0.496 e. The molecule has 0 aromatic heterocycles. The van der Waals surface area contributed by atoms with Gasteiger partial charge in [-0.25, -0.2) is 9.59 Å². The third-order valence-electron chi connectivity index (χ3n) is 10.7. The van der Waals surface area contributed by atoms with Crippen molar-refractivity contribution >= 4 is 25.1 Å². The Hall–Kier alpha value is -2.79. The van der Waals surface area contributed by atoms with E-state index < -0.39 is 35.8 Å². The Bertz CT molecular complexity index is 1350. The van der Waals surface area contributed by atoms with Crippen LogP contribution in [0, 0.1) is 23.2 Å². The van der Waals surface area contributed by atoms with Crippen molar-refractivity contribution in [1.82, 2.24) is 10.2 Å². The molecule has 2 aliphatic heterocycles. The molecule has 11 heteroatoms. The van der Waals surface area contributed by atoms with Crippen LogP contribution < -0.4 is 10.1 Å². The average Bonchev–Trinajstić information content (AvgIpc) is 3.32. The summed E-state index contributed by atoms with van der Waals surface area (Å²) >= 11 is 0. The van der Waals surface area contributed by atoms with Gasteiger partial charge in [0.1, 0.15) is 22.5 Å². The van der Waals surface area contributed by atoms with Crippen LogP contribution in [0.3, 0.4) is 0 Å². The van der Waals surface area contributed by atoms with E-state index in [1.165, 1.54) is 7.11 Å². The van der Waals surface area contributed by atoms with Crippen LogP contribution in [-0.4, -0.2) is 79.0 Å². The molecular weight excluding hydrogens is 599 g/mol. The smallest absolute Gasteiger partial charge is 0.482 e. The van der Waals surface area contributed by atoms with Gasteiger partial charge in [0.05, 0.1) is 24.8 Å². The number of piperidine rings is 1. The summed E-state index contributed by atoms with van der Waals surface area (Å²) in [6, 6.07) is 5.41. The molecule has 2 bridgehead atoms. The number of hydrogen-bond acceptors (Lipinski definition) is 8. The topological polar surface area (TPSA) is 113 Å². The molecule has 0 spiro atoms. The number of hydrogen-bond donors (Lipinski definition) is 1. The van der Waals surface area contributed by atoms with Crippen LogP contribution in [0.25, 0.3) is 0 Å². The zero-order valence-electron chi connectivity index (χ0n) is 30.1. The van der Waals surface area contributed by atoms with Crippen molar-refractivity contribution in [3.8, 4) is 5.75 Å². The molecule has 5 aliphatic rings. The largest absolute Gasteiger partial charge is 0.496 e. The quantitative estimate of drug-likeness (QED) is 0.269. The van der Waals surface area contributed by atoms with Crippen molar-refractivity contribution < 1.29 is 37.9 Å². The van der Waals surface area contributed by atoms with Crippen LogP contribution in [0.4, 0.5) is 4.79 Å². The number of carbonyl (C=O) groups excluding carboxylic acids is 3. The van der Waals surface area contributed by atoms with Crippen molar-refractivity contribution in [2.24, 2.45) is 23.2 Å². The van der Waals surface area contributed by atoms with E-state index in [-0.39, 0.29) is 29.4 Å². The van der Waals surface area contributed by atoms with E-state index in [2.05, 4.69) is 26.1 Å². The van der Waals surface area contributed by atoms with Gasteiger partial charge in [0.15, 0.2) is 0 Å². The van der Waals surface area contributed by atoms with E-state index in [0.717, 1.165) is 31.2 Å². The molecule has 10 nitrogen and oxygen atoms in total. The van der Waals surface area contributed by atoms with Gasteiger partial charge in [-0.3, -0.25) is 4.79 Å². The standard InChI is InChI=1S/C36H55BN2O8/c1-33(2,3)44-31(41)25-13-11-12-23(30(25)43-10)19-28(37-46-27-21-24-20-26(35(24,7)8)36(27,9)47-37)38-29(40)18-22-14-16-39(17-15-22)32(42)45-34(4,5)6/h11-13,22,24,26-28H,14-21H2,1-10H3,(H,38,40)/t24?,26?,27?,28-,36?/m0/s1. The number of benzene rings is 1. The fraction of sp³-hybridized carbons (Fsp3) is 0.750.